The molecule has 21 heavy (non-hydrogen) atoms. The molecular formula is C15H33O5P. The smallest absolute Gasteiger partial charge is 0.379 e. The molecule has 1 unspecified atom stereocenters. The minimum atomic E-state index is -4.38. The van der Waals surface area contributed by atoms with E-state index in [2.05, 4.69) is 11.4 Å². The van der Waals surface area contributed by atoms with Gasteiger partial charge in [0.2, 0.25) is 0 Å². The van der Waals surface area contributed by atoms with Gasteiger partial charge in [0.15, 0.2) is 0 Å². The fraction of sp³-hybridized carbons (Fsp3) is 1.00. The van der Waals surface area contributed by atoms with Crippen LogP contribution in [0.1, 0.15) is 77.6 Å². The average molecular weight is 324 g/mol. The van der Waals surface area contributed by atoms with Crippen molar-refractivity contribution in [3.05, 3.63) is 0 Å². The summed E-state index contributed by atoms with van der Waals surface area (Å²) < 4.78 is 20.2. The molecule has 0 aromatic heterocycles. The van der Waals surface area contributed by atoms with E-state index in [1.165, 1.54) is 51.4 Å². The van der Waals surface area contributed by atoms with E-state index in [0.29, 0.717) is 0 Å². The van der Waals surface area contributed by atoms with E-state index >= 15 is 0 Å². The van der Waals surface area contributed by atoms with Crippen LogP contribution in [0, 0.1) is 0 Å². The van der Waals surface area contributed by atoms with E-state index in [4.69, 9.17) is 14.5 Å². The topological polar surface area (TPSA) is 76.0 Å². The number of methoxy groups -OCH3 is 1. The molecule has 5 nitrogen and oxygen atoms in total. The molecule has 2 N–H and O–H groups in total. The van der Waals surface area contributed by atoms with Gasteiger partial charge in [-0.25, -0.2) is 4.57 Å². The van der Waals surface area contributed by atoms with Crippen LogP contribution in [0.25, 0.3) is 0 Å². The molecule has 0 aliphatic rings. The van der Waals surface area contributed by atoms with Crippen molar-refractivity contribution in [2.24, 2.45) is 0 Å². The lowest BCUT2D eigenvalue weighted by Crippen LogP contribution is -2.17. The molecule has 0 spiro atoms. The Balaban J connectivity index is 3.37. The summed E-state index contributed by atoms with van der Waals surface area (Å²) in [4.78, 5) is 17.3. The Labute approximate surface area is 129 Å². The predicted octanol–water partition coefficient (Wildman–Crippen LogP) is 4.42. The Morgan fingerprint density at radius 1 is 0.905 bits per heavy atom. The van der Waals surface area contributed by atoms with Gasteiger partial charge >= 0.3 is 7.82 Å². The first-order valence-corrected chi connectivity index (χ1v) is 9.75. The fourth-order valence-electron chi connectivity index (χ4n) is 2.31. The van der Waals surface area contributed by atoms with E-state index in [0.717, 1.165) is 19.3 Å². The van der Waals surface area contributed by atoms with Crippen molar-refractivity contribution in [1.82, 2.24) is 0 Å². The predicted molar refractivity (Wildman–Crippen MR) is 85.3 cm³/mol. The summed E-state index contributed by atoms with van der Waals surface area (Å²) in [5, 5.41) is 0. The van der Waals surface area contributed by atoms with Crippen molar-refractivity contribution in [1.29, 1.82) is 0 Å². The van der Waals surface area contributed by atoms with Crippen LogP contribution in [0.4, 0.5) is 0 Å². The van der Waals surface area contributed by atoms with E-state index in [1.54, 1.807) is 7.11 Å². The van der Waals surface area contributed by atoms with Crippen molar-refractivity contribution in [3.63, 3.8) is 0 Å². The number of rotatable bonds is 15. The minimum absolute atomic E-state index is 0.0434. The largest absolute Gasteiger partial charge is 0.469 e. The van der Waals surface area contributed by atoms with Crippen LogP contribution in [-0.4, -0.2) is 29.6 Å². The monoisotopic (exact) mass is 324 g/mol. The van der Waals surface area contributed by atoms with Crippen LogP contribution in [0.15, 0.2) is 0 Å². The highest BCUT2D eigenvalue weighted by Crippen LogP contribution is 2.36. The number of phosphoric ester groups is 1. The first-order valence-electron chi connectivity index (χ1n) is 8.22. The molecule has 0 radical (unpaired) electrons. The summed E-state index contributed by atoms with van der Waals surface area (Å²) in [7, 11) is -2.83. The maximum absolute atomic E-state index is 10.6. The quantitative estimate of drug-likeness (QED) is 0.344. The Morgan fingerprint density at radius 3 is 1.81 bits per heavy atom. The molecule has 6 heteroatoms. The highest BCUT2D eigenvalue weighted by molar-refractivity contribution is 7.46. The van der Waals surface area contributed by atoms with Gasteiger partial charge in [-0.15, -0.1) is 0 Å². The van der Waals surface area contributed by atoms with Gasteiger partial charge in [-0.05, 0) is 6.42 Å². The zero-order chi connectivity index (χ0) is 16.0. The summed E-state index contributed by atoms with van der Waals surface area (Å²) in [6, 6.07) is 0. The van der Waals surface area contributed by atoms with Gasteiger partial charge < -0.3 is 14.5 Å². The molecule has 0 rings (SSSR count). The molecule has 0 aliphatic heterocycles. The number of phosphoric acid groups is 1. The summed E-state index contributed by atoms with van der Waals surface area (Å²) in [5.41, 5.74) is 0. The Hall–Kier alpha value is 0.0700. The molecule has 0 saturated heterocycles. The first-order chi connectivity index (χ1) is 9.99. The van der Waals surface area contributed by atoms with Gasteiger partial charge in [0.05, 0.1) is 12.7 Å². The van der Waals surface area contributed by atoms with Crippen molar-refractivity contribution in [3.8, 4) is 0 Å². The second-order valence-corrected chi connectivity index (χ2v) is 6.85. The van der Waals surface area contributed by atoms with Crippen LogP contribution in [0.2, 0.25) is 0 Å². The molecule has 0 aromatic carbocycles. The highest BCUT2D eigenvalue weighted by Gasteiger charge is 2.17. The van der Waals surface area contributed by atoms with E-state index in [-0.39, 0.29) is 12.7 Å². The van der Waals surface area contributed by atoms with Gasteiger partial charge in [-0.2, -0.15) is 0 Å². The summed E-state index contributed by atoms with van der Waals surface area (Å²) in [6.45, 7) is 2.19. The normalized spacial score (nSPS) is 13.5. The van der Waals surface area contributed by atoms with Gasteiger partial charge in [0.1, 0.15) is 0 Å². The third-order valence-electron chi connectivity index (χ3n) is 3.64. The fourth-order valence-corrected chi connectivity index (χ4v) is 2.67. The molecule has 0 amide bonds. The maximum Gasteiger partial charge on any atom is 0.469 e. The molecule has 128 valence electrons. The van der Waals surface area contributed by atoms with Gasteiger partial charge in [-0.3, -0.25) is 4.52 Å². The van der Waals surface area contributed by atoms with Crippen LogP contribution < -0.4 is 0 Å². The lowest BCUT2D eigenvalue weighted by Gasteiger charge is -2.15. The maximum atomic E-state index is 10.6. The van der Waals surface area contributed by atoms with Crippen LogP contribution >= 0.6 is 7.82 Å². The van der Waals surface area contributed by atoms with E-state index < -0.39 is 7.82 Å². The molecule has 0 bridgehead atoms. The third kappa shape index (κ3) is 16.3. The van der Waals surface area contributed by atoms with Gasteiger partial charge in [0, 0.05) is 7.11 Å². The standard InChI is InChI=1S/C15H33O5P/c1-3-4-5-6-7-8-9-10-11-12-13-15(19-2)14-20-21(16,17)18/h15H,3-14H2,1-2H3,(H2,16,17,18). The van der Waals surface area contributed by atoms with Crippen LogP contribution in [0.3, 0.4) is 0 Å². The zero-order valence-corrected chi connectivity index (χ0v) is 14.5. The Morgan fingerprint density at radius 2 is 1.38 bits per heavy atom. The number of hydrogen-bond donors (Lipinski definition) is 2. The summed E-state index contributed by atoms with van der Waals surface area (Å²) in [5.74, 6) is 0. The molecule has 0 fully saturated rings. The molecule has 0 saturated carbocycles. The second kappa shape index (κ2) is 13.7. The summed E-state index contributed by atoms with van der Waals surface area (Å²) in [6.07, 6.45) is 13.3. The molecule has 0 aromatic rings. The number of unbranched alkanes of at least 4 members (excludes halogenated alkanes) is 9. The zero-order valence-electron chi connectivity index (χ0n) is 13.6. The Kier molecular flexibility index (Phi) is 13.8. The van der Waals surface area contributed by atoms with E-state index in [9.17, 15) is 4.57 Å². The summed E-state index contributed by atoms with van der Waals surface area (Å²) >= 11 is 0. The van der Waals surface area contributed by atoms with Crippen LogP contribution in [-0.2, 0) is 13.8 Å². The van der Waals surface area contributed by atoms with Gasteiger partial charge in [0.25, 0.3) is 0 Å². The number of ether oxygens (including phenoxy) is 1. The van der Waals surface area contributed by atoms with Crippen LogP contribution in [0.5, 0.6) is 0 Å². The molecule has 1 atom stereocenters. The lowest BCUT2D eigenvalue weighted by atomic mass is 10.0. The highest BCUT2D eigenvalue weighted by atomic mass is 31.2. The average Bonchev–Trinajstić information content (AvgIpc) is 2.43. The third-order valence-corrected chi connectivity index (χ3v) is 4.13. The van der Waals surface area contributed by atoms with Crippen molar-refractivity contribution in [2.75, 3.05) is 13.7 Å². The Bertz CT molecular complexity index is 267. The molecule has 0 heterocycles. The van der Waals surface area contributed by atoms with Crippen molar-refractivity contribution < 1.29 is 23.6 Å². The SMILES string of the molecule is CCCCCCCCCCCCC(COP(=O)(O)O)OC. The number of hydrogen-bond acceptors (Lipinski definition) is 3. The minimum Gasteiger partial charge on any atom is -0.379 e. The molecular weight excluding hydrogens is 291 g/mol. The van der Waals surface area contributed by atoms with Gasteiger partial charge in [-0.1, -0.05) is 71.1 Å². The first kappa shape index (κ1) is 21.1. The van der Waals surface area contributed by atoms with Crippen molar-refractivity contribution >= 4 is 7.82 Å². The molecule has 0 aliphatic carbocycles. The van der Waals surface area contributed by atoms with Crippen molar-refractivity contribution in [2.45, 2.75) is 83.7 Å². The van der Waals surface area contributed by atoms with E-state index in [1.807, 2.05) is 0 Å². The second-order valence-electron chi connectivity index (χ2n) is 5.61. The lowest BCUT2D eigenvalue weighted by molar-refractivity contribution is 0.0385.